The Labute approximate surface area is 125 Å². The van der Waals surface area contributed by atoms with E-state index < -0.39 is 26.6 Å². The van der Waals surface area contributed by atoms with E-state index in [9.17, 15) is 17.2 Å². The van der Waals surface area contributed by atoms with Gasteiger partial charge in [0.2, 0.25) is 10.0 Å². The highest BCUT2D eigenvalue weighted by atomic mass is 79.9. The van der Waals surface area contributed by atoms with Gasteiger partial charge >= 0.3 is 0 Å². The Bertz CT molecular complexity index is 541. The van der Waals surface area contributed by atoms with Gasteiger partial charge in [0.15, 0.2) is 0 Å². The van der Waals surface area contributed by atoms with Gasteiger partial charge in [0, 0.05) is 23.7 Å². The molecule has 1 aromatic rings. The van der Waals surface area contributed by atoms with E-state index in [-0.39, 0.29) is 17.6 Å². The third-order valence-electron chi connectivity index (χ3n) is 2.22. The summed E-state index contributed by atoms with van der Waals surface area (Å²) in [7, 11) is -4.06. The molecule has 0 aliphatic carbocycles. The van der Waals surface area contributed by atoms with Crippen molar-refractivity contribution >= 4 is 26.0 Å². The maximum Gasteiger partial charge on any atom is 0.244 e. The molecule has 1 N–H and O–H groups in total. The molecule has 0 saturated heterocycles. The third kappa shape index (κ3) is 5.08. The van der Waals surface area contributed by atoms with E-state index in [2.05, 4.69) is 20.7 Å². The second-order valence-electron chi connectivity index (χ2n) is 4.57. The molecule has 4 nitrogen and oxygen atoms in total. The first-order valence-corrected chi connectivity index (χ1v) is 8.23. The van der Waals surface area contributed by atoms with Crippen LogP contribution in [0, 0.1) is 17.6 Å². The zero-order valence-corrected chi connectivity index (χ0v) is 13.5. The van der Waals surface area contributed by atoms with Crippen molar-refractivity contribution in [2.24, 2.45) is 5.92 Å². The van der Waals surface area contributed by atoms with Crippen molar-refractivity contribution in [1.29, 1.82) is 0 Å². The van der Waals surface area contributed by atoms with Crippen LogP contribution in [0.1, 0.15) is 13.8 Å². The molecule has 0 aromatic heterocycles. The summed E-state index contributed by atoms with van der Waals surface area (Å²) in [6.45, 7) is 4.64. The monoisotopic (exact) mass is 371 g/mol. The number of benzene rings is 1. The topological polar surface area (TPSA) is 55.4 Å². The standard InChI is InChI=1S/C12H16BrF2NO3S/c1-8(2)7-19-4-3-16-20(17,18)12-10(13)5-9(14)6-11(12)15/h5-6,8,16H,3-4,7H2,1-2H3. The molecule has 1 rings (SSSR count). The van der Waals surface area contributed by atoms with E-state index >= 15 is 0 Å². The molecule has 20 heavy (non-hydrogen) atoms. The predicted octanol–water partition coefficient (Wildman–Crippen LogP) is 2.68. The molecule has 0 aliphatic heterocycles. The molecule has 8 heteroatoms. The first-order chi connectivity index (χ1) is 9.24. The number of ether oxygens (including phenoxy) is 1. The van der Waals surface area contributed by atoms with Crippen LogP contribution in [0.25, 0.3) is 0 Å². The Balaban J connectivity index is 2.70. The van der Waals surface area contributed by atoms with Crippen LogP contribution in [0.4, 0.5) is 8.78 Å². The summed E-state index contributed by atoms with van der Waals surface area (Å²) < 4.78 is 57.6. The van der Waals surface area contributed by atoms with Gasteiger partial charge in [0.05, 0.1) is 6.61 Å². The predicted molar refractivity (Wildman–Crippen MR) is 74.9 cm³/mol. The fraction of sp³-hybridized carbons (Fsp3) is 0.500. The number of hydrogen-bond donors (Lipinski definition) is 1. The lowest BCUT2D eigenvalue weighted by atomic mass is 10.2. The van der Waals surface area contributed by atoms with Crippen molar-refractivity contribution < 1.29 is 21.9 Å². The highest BCUT2D eigenvalue weighted by molar-refractivity contribution is 9.10. The van der Waals surface area contributed by atoms with Crippen LogP contribution >= 0.6 is 15.9 Å². The smallest absolute Gasteiger partial charge is 0.244 e. The molecule has 0 aliphatic rings. The van der Waals surface area contributed by atoms with Crippen molar-refractivity contribution in [1.82, 2.24) is 4.72 Å². The lowest BCUT2D eigenvalue weighted by Crippen LogP contribution is -2.29. The average Bonchev–Trinajstić information content (AvgIpc) is 2.25. The molecule has 0 heterocycles. The molecule has 0 unspecified atom stereocenters. The van der Waals surface area contributed by atoms with E-state index in [1.807, 2.05) is 13.8 Å². The van der Waals surface area contributed by atoms with Gasteiger partial charge in [-0.2, -0.15) is 0 Å². The number of halogens is 3. The lowest BCUT2D eigenvalue weighted by molar-refractivity contribution is 0.114. The zero-order valence-electron chi connectivity index (χ0n) is 11.1. The highest BCUT2D eigenvalue weighted by Crippen LogP contribution is 2.25. The summed E-state index contributed by atoms with van der Waals surface area (Å²) in [6.07, 6.45) is 0. The number of sulfonamides is 1. The SMILES string of the molecule is CC(C)COCCNS(=O)(=O)c1c(F)cc(F)cc1Br. The van der Waals surface area contributed by atoms with Gasteiger partial charge in [-0.25, -0.2) is 21.9 Å². The summed E-state index contributed by atoms with van der Waals surface area (Å²) >= 11 is 2.85. The normalized spacial score (nSPS) is 12.1. The van der Waals surface area contributed by atoms with Gasteiger partial charge in [-0.1, -0.05) is 13.8 Å². The van der Waals surface area contributed by atoms with Crippen molar-refractivity contribution in [2.45, 2.75) is 18.7 Å². The largest absolute Gasteiger partial charge is 0.380 e. The molecule has 114 valence electrons. The van der Waals surface area contributed by atoms with E-state index in [0.717, 1.165) is 6.07 Å². The van der Waals surface area contributed by atoms with E-state index in [4.69, 9.17) is 4.74 Å². The van der Waals surface area contributed by atoms with Crippen LogP contribution < -0.4 is 4.72 Å². The molecule has 0 fully saturated rings. The number of hydrogen-bond acceptors (Lipinski definition) is 3. The van der Waals surface area contributed by atoms with Crippen molar-refractivity contribution in [3.8, 4) is 0 Å². The Morgan fingerprint density at radius 3 is 2.55 bits per heavy atom. The van der Waals surface area contributed by atoms with Gasteiger partial charge in [0.1, 0.15) is 16.5 Å². The van der Waals surface area contributed by atoms with E-state index in [1.165, 1.54) is 0 Å². The van der Waals surface area contributed by atoms with Crippen LogP contribution in [-0.4, -0.2) is 28.2 Å². The second-order valence-corrected chi connectivity index (χ2v) is 7.12. The number of rotatable bonds is 7. The van der Waals surface area contributed by atoms with Crippen LogP contribution in [-0.2, 0) is 14.8 Å². The molecule has 0 saturated carbocycles. The maximum atomic E-state index is 13.6. The van der Waals surface area contributed by atoms with E-state index in [1.54, 1.807) is 0 Å². The van der Waals surface area contributed by atoms with Gasteiger partial charge < -0.3 is 4.74 Å². The molecule has 0 atom stereocenters. The summed E-state index contributed by atoms with van der Waals surface area (Å²) in [6, 6.07) is 1.42. The minimum Gasteiger partial charge on any atom is -0.380 e. The Morgan fingerprint density at radius 1 is 1.35 bits per heavy atom. The summed E-state index contributed by atoms with van der Waals surface area (Å²) in [5, 5.41) is 0. The van der Waals surface area contributed by atoms with Gasteiger partial charge in [0.25, 0.3) is 0 Å². The van der Waals surface area contributed by atoms with Crippen LogP contribution in [0.3, 0.4) is 0 Å². The Morgan fingerprint density at radius 2 is 2.00 bits per heavy atom. The molecule has 0 radical (unpaired) electrons. The van der Waals surface area contributed by atoms with Crippen molar-refractivity contribution in [2.75, 3.05) is 19.8 Å². The first kappa shape index (κ1) is 17.5. The Hall–Kier alpha value is -0.570. The lowest BCUT2D eigenvalue weighted by Gasteiger charge is -2.10. The first-order valence-electron chi connectivity index (χ1n) is 5.96. The second kappa shape index (κ2) is 7.44. The molecule has 0 spiro atoms. The quantitative estimate of drug-likeness (QED) is 0.749. The average molecular weight is 372 g/mol. The van der Waals surface area contributed by atoms with Crippen molar-refractivity contribution in [3.63, 3.8) is 0 Å². The third-order valence-corrected chi connectivity index (χ3v) is 4.65. The van der Waals surface area contributed by atoms with Gasteiger partial charge in [-0.15, -0.1) is 0 Å². The molecule has 0 bridgehead atoms. The van der Waals surface area contributed by atoms with Crippen molar-refractivity contribution in [3.05, 3.63) is 28.2 Å². The minimum atomic E-state index is -4.06. The highest BCUT2D eigenvalue weighted by Gasteiger charge is 2.23. The molecule has 1 aromatic carbocycles. The van der Waals surface area contributed by atoms with Gasteiger partial charge in [-0.05, 0) is 27.9 Å². The minimum absolute atomic E-state index is 0.0122. The Kier molecular flexibility index (Phi) is 6.50. The molecular formula is C12H16BrF2NO3S. The summed E-state index contributed by atoms with van der Waals surface area (Å²) in [5.74, 6) is -1.66. The number of nitrogens with one attached hydrogen (secondary N) is 1. The van der Waals surface area contributed by atoms with Crippen LogP contribution in [0.5, 0.6) is 0 Å². The van der Waals surface area contributed by atoms with Crippen LogP contribution in [0.15, 0.2) is 21.5 Å². The summed E-state index contributed by atoms with van der Waals surface area (Å²) in [5.41, 5.74) is 0. The molecular weight excluding hydrogens is 356 g/mol. The fourth-order valence-corrected chi connectivity index (χ4v) is 3.60. The van der Waals surface area contributed by atoms with Crippen LogP contribution in [0.2, 0.25) is 0 Å². The molecule has 0 amide bonds. The maximum absolute atomic E-state index is 13.6. The van der Waals surface area contributed by atoms with Gasteiger partial charge in [-0.3, -0.25) is 0 Å². The fourth-order valence-electron chi connectivity index (χ4n) is 1.43. The van der Waals surface area contributed by atoms with E-state index in [0.29, 0.717) is 18.6 Å². The summed E-state index contributed by atoms with van der Waals surface area (Å²) in [4.78, 5) is -0.609. The zero-order chi connectivity index (χ0) is 15.3.